The summed E-state index contributed by atoms with van der Waals surface area (Å²) in [6, 6.07) is 0. The van der Waals surface area contributed by atoms with Crippen molar-refractivity contribution in [3.05, 3.63) is 12.2 Å². The molecule has 0 N–H and O–H groups in total. The zero-order chi connectivity index (χ0) is 8.85. The van der Waals surface area contributed by atoms with E-state index in [1.807, 2.05) is 0 Å². The third kappa shape index (κ3) is 5.06. The first-order valence-corrected chi connectivity index (χ1v) is 4.73. The van der Waals surface area contributed by atoms with Gasteiger partial charge in [-0.25, -0.2) is 0 Å². The van der Waals surface area contributed by atoms with Crippen LogP contribution in [0.5, 0.6) is 0 Å². The SMILES string of the molecule is C=C(C)C(CCC)CC(C)C. The van der Waals surface area contributed by atoms with Gasteiger partial charge in [0.15, 0.2) is 0 Å². The number of rotatable bonds is 5. The highest BCUT2D eigenvalue weighted by Gasteiger charge is 2.09. The standard InChI is InChI=1S/C11H22/c1-6-7-11(10(4)5)8-9(2)3/h9,11H,4,6-8H2,1-3,5H3. The molecule has 0 rings (SSSR count). The molecule has 0 aromatic heterocycles. The summed E-state index contributed by atoms with van der Waals surface area (Å²) >= 11 is 0. The minimum absolute atomic E-state index is 0.764. The van der Waals surface area contributed by atoms with Gasteiger partial charge in [0, 0.05) is 0 Å². The highest BCUT2D eigenvalue weighted by Crippen LogP contribution is 2.23. The van der Waals surface area contributed by atoms with Crippen molar-refractivity contribution >= 4 is 0 Å². The monoisotopic (exact) mass is 154 g/mol. The summed E-state index contributed by atoms with van der Waals surface area (Å²) in [5.74, 6) is 1.57. The molecule has 66 valence electrons. The second-order valence-corrected chi connectivity index (χ2v) is 3.96. The van der Waals surface area contributed by atoms with Crippen molar-refractivity contribution in [3.63, 3.8) is 0 Å². The third-order valence-electron chi connectivity index (χ3n) is 2.09. The molecule has 0 aromatic carbocycles. The molecule has 0 bridgehead atoms. The smallest absolute Gasteiger partial charge is 0.0206 e. The van der Waals surface area contributed by atoms with Crippen molar-refractivity contribution in [2.24, 2.45) is 11.8 Å². The van der Waals surface area contributed by atoms with Gasteiger partial charge in [-0.15, -0.1) is 0 Å². The quantitative estimate of drug-likeness (QED) is 0.524. The van der Waals surface area contributed by atoms with Gasteiger partial charge >= 0.3 is 0 Å². The van der Waals surface area contributed by atoms with Crippen LogP contribution in [0.3, 0.4) is 0 Å². The second kappa shape index (κ2) is 5.40. The van der Waals surface area contributed by atoms with Crippen LogP contribution in [0, 0.1) is 11.8 Å². The molecular formula is C11H22. The lowest BCUT2D eigenvalue weighted by atomic mass is 9.88. The fourth-order valence-corrected chi connectivity index (χ4v) is 1.48. The van der Waals surface area contributed by atoms with E-state index in [0.717, 1.165) is 11.8 Å². The van der Waals surface area contributed by atoms with Crippen LogP contribution in [0.4, 0.5) is 0 Å². The molecular weight excluding hydrogens is 132 g/mol. The van der Waals surface area contributed by atoms with E-state index in [0.29, 0.717) is 0 Å². The summed E-state index contributed by atoms with van der Waals surface area (Å²) in [5.41, 5.74) is 1.36. The lowest BCUT2D eigenvalue weighted by Crippen LogP contribution is -2.04. The fraction of sp³-hybridized carbons (Fsp3) is 0.818. The molecule has 0 heterocycles. The molecule has 0 fully saturated rings. The maximum absolute atomic E-state index is 4.03. The van der Waals surface area contributed by atoms with Crippen LogP contribution in [-0.2, 0) is 0 Å². The molecule has 0 aliphatic rings. The molecule has 0 aliphatic heterocycles. The van der Waals surface area contributed by atoms with E-state index < -0.39 is 0 Å². The summed E-state index contributed by atoms with van der Waals surface area (Å²) < 4.78 is 0. The summed E-state index contributed by atoms with van der Waals surface area (Å²) in [4.78, 5) is 0. The van der Waals surface area contributed by atoms with Crippen LogP contribution in [0.15, 0.2) is 12.2 Å². The molecule has 0 aromatic rings. The molecule has 0 aliphatic carbocycles. The average molecular weight is 154 g/mol. The Hall–Kier alpha value is -0.260. The highest BCUT2D eigenvalue weighted by molar-refractivity contribution is 4.95. The van der Waals surface area contributed by atoms with Crippen LogP contribution in [0.25, 0.3) is 0 Å². The van der Waals surface area contributed by atoms with Gasteiger partial charge in [0.25, 0.3) is 0 Å². The molecule has 0 spiro atoms. The molecule has 0 saturated heterocycles. The maximum Gasteiger partial charge on any atom is -0.0206 e. The largest absolute Gasteiger partial charge is 0.0999 e. The normalized spacial score (nSPS) is 13.5. The molecule has 0 saturated carbocycles. The topological polar surface area (TPSA) is 0 Å². The Kier molecular flexibility index (Phi) is 5.27. The van der Waals surface area contributed by atoms with Crippen molar-refractivity contribution < 1.29 is 0 Å². The van der Waals surface area contributed by atoms with Crippen molar-refractivity contribution in [1.82, 2.24) is 0 Å². The zero-order valence-electron chi connectivity index (χ0n) is 8.48. The Morgan fingerprint density at radius 1 is 1.36 bits per heavy atom. The second-order valence-electron chi connectivity index (χ2n) is 3.96. The lowest BCUT2D eigenvalue weighted by molar-refractivity contribution is 0.431. The van der Waals surface area contributed by atoms with Gasteiger partial charge < -0.3 is 0 Å². The number of allylic oxidation sites excluding steroid dienone is 1. The van der Waals surface area contributed by atoms with E-state index in [9.17, 15) is 0 Å². The predicted molar refractivity (Wildman–Crippen MR) is 52.7 cm³/mol. The Morgan fingerprint density at radius 2 is 1.91 bits per heavy atom. The van der Waals surface area contributed by atoms with E-state index in [1.54, 1.807) is 0 Å². The van der Waals surface area contributed by atoms with Gasteiger partial charge in [-0.3, -0.25) is 0 Å². The zero-order valence-corrected chi connectivity index (χ0v) is 8.48. The number of hydrogen-bond acceptors (Lipinski definition) is 0. The van der Waals surface area contributed by atoms with E-state index in [-0.39, 0.29) is 0 Å². The minimum Gasteiger partial charge on any atom is -0.0999 e. The van der Waals surface area contributed by atoms with Crippen molar-refractivity contribution in [3.8, 4) is 0 Å². The average Bonchev–Trinajstić information content (AvgIpc) is 1.86. The van der Waals surface area contributed by atoms with Crippen LogP contribution < -0.4 is 0 Å². The van der Waals surface area contributed by atoms with Gasteiger partial charge in [0.2, 0.25) is 0 Å². The van der Waals surface area contributed by atoms with E-state index in [4.69, 9.17) is 0 Å². The molecule has 0 nitrogen and oxygen atoms in total. The third-order valence-corrected chi connectivity index (χ3v) is 2.09. The Labute approximate surface area is 71.7 Å². The molecule has 0 amide bonds. The number of hydrogen-bond donors (Lipinski definition) is 0. The van der Waals surface area contributed by atoms with Crippen molar-refractivity contribution in [1.29, 1.82) is 0 Å². The van der Waals surface area contributed by atoms with Crippen LogP contribution in [0.2, 0.25) is 0 Å². The fourth-order valence-electron chi connectivity index (χ4n) is 1.48. The molecule has 1 atom stereocenters. The first-order chi connectivity index (χ1) is 5.07. The van der Waals surface area contributed by atoms with E-state index in [2.05, 4.69) is 34.3 Å². The minimum atomic E-state index is 0.764. The van der Waals surface area contributed by atoms with E-state index >= 15 is 0 Å². The van der Waals surface area contributed by atoms with Crippen molar-refractivity contribution in [2.75, 3.05) is 0 Å². The summed E-state index contributed by atoms with van der Waals surface area (Å²) in [5, 5.41) is 0. The first-order valence-electron chi connectivity index (χ1n) is 4.73. The van der Waals surface area contributed by atoms with Gasteiger partial charge in [0.05, 0.1) is 0 Å². The Morgan fingerprint density at radius 3 is 2.18 bits per heavy atom. The maximum atomic E-state index is 4.03. The molecule has 11 heavy (non-hydrogen) atoms. The summed E-state index contributed by atoms with van der Waals surface area (Å²) in [7, 11) is 0. The predicted octanol–water partition coefficient (Wildman–Crippen LogP) is 4.02. The van der Waals surface area contributed by atoms with Crippen LogP contribution in [0.1, 0.15) is 47.0 Å². The summed E-state index contributed by atoms with van der Waals surface area (Å²) in [6.45, 7) is 13.0. The van der Waals surface area contributed by atoms with Gasteiger partial charge in [0.1, 0.15) is 0 Å². The van der Waals surface area contributed by atoms with Crippen molar-refractivity contribution in [2.45, 2.75) is 47.0 Å². The van der Waals surface area contributed by atoms with Gasteiger partial charge in [-0.2, -0.15) is 0 Å². The molecule has 0 radical (unpaired) electrons. The first kappa shape index (κ1) is 10.7. The van der Waals surface area contributed by atoms with Crippen LogP contribution in [-0.4, -0.2) is 0 Å². The molecule has 0 heteroatoms. The van der Waals surface area contributed by atoms with Crippen LogP contribution >= 0.6 is 0 Å². The summed E-state index contributed by atoms with van der Waals surface area (Å²) in [6.07, 6.45) is 3.90. The molecule has 1 unspecified atom stereocenters. The Balaban J connectivity index is 3.79. The van der Waals surface area contributed by atoms with E-state index in [1.165, 1.54) is 24.8 Å². The van der Waals surface area contributed by atoms with Gasteiger partial charge in [-0.1, -0.05) is 39.3 Å². The lowest BCUT2D eigenvalue weighted by Gasteiger charge is -2.17. The highest BCUT2D eigenvalue weighted by atomic mass is 14.1. The Bertz CT molecular complexity index is 111. The van der Waals surface area contributed by atoms with Gasteiger partial charge in [-0.05, 0) is 31.6 Å².